The highest BCUT2D eigenvalue weighted by atomic mass is 16.5. The van der Waals surface area contributed by atoms with E-state index < -0.39 is 0 Å². The number of ether oxygens (including phenoxy) is 1. The molecule has 1 aromatic rings. The molecule has 1 rings (SSSR count). The van der Waals surface area contributed by atoms with Gasteiger partial charge in [-0.05, 0) is 36.6 Å². The van der Waals surface area contributed by atoms with Gasteiger partial charge in [-0.1, -0.05) is 19.9 Å². The molecule has 1 N–H and O–H groups in total. The molecular formula is C15H23NO2. The lowest BCUT2D eigenvalue weighted by atomic mass is 9.81. The maximum Gasteiger partial charge on any atom is 0.216 e. The van der Waals surface area contributed by atoms with Crippen molar-refractivity contribution in [3.8, 4) is 5.75 Å². The molecule has 0 aliphatic carbocycles. The first-order chi connectivity index (χ1) is 8.27. The highest BCUT2D eigenvalue weighted by molar-refractivity contribution is 5.73. The van der Waals surface area contributed by atoms with E-state index in [1.807, 2.05) is 6.92 Å². The van der Waals surface area contributed by atoms with Gasteiger partial charge in [0.1, 0.15) is 5.75 Å². The van der Waals surface area contributed by atoms with Gasteiger partial charge in [-0.25, -0.2) is 0 Å². The smallest absolute Gasteiger partial charge is 0.216 e. The first kappa shape index (κ1) is 14.6. The summed E-state index contributed by atoms with van der Waals surface area (Å²) < 4.78 is 5.32. The molecule has 3 nitrogen and oxygen atoms in total. The zero-order chi connectivity index (χ0) is 13.9. The van der Waals surface area contributed by atoms with Crippen LogP contribution in [-0.2, 0) is 10.2 Å². The second-order valence-corrected chi connectivity index (χ2v) is 5.43. The number of methoxy groups -OCH3 is 1. The minimum Gasteiger partial charge on any atom is -0.496 e. The summed E-state index contributed by atoms with van der Waals surface area (Å²) in [7, 11) is 1.68. The van der Waals surface area contributed by atoms with Gasteiger partial charge in [0.25, 0.3) is 0 Å². The van der Waals surface area contributed by atoms with Crippen molar-refractivity contribution in [3.63, 3.8) is 0 Å². The van der Waals surface area contributed by atoms with Gasteiger partial charge in [-0.15, -0.1) is 0 Å². The normalized spacial score (nSPS) is 11.2. The second kappa shape index (κ2) is 5.42. The van der Waals surface area contributed by atoms with Crippen LogP contribution in [0, 0.1) is 13.8 Å². The number of carbonyl (C=O) groups excluding carboxylic acids is 1. The maximum absolute atomic E-state index is 11.0. The molecule has 3 heteroatoms. The fraction of sp³-hybridized carbons (Fsp3) is 0.533. The lowest BCUT2D eigenvalue weighted by molar-refractivity contribution is -0.119. The Morgan fingerprint density at radius 2 is 1.89 bits per heavy atom. The summed E-state index contributed by atoms with van der Waals surface area (Å²) >= 11 is 0. The summed E-state index contributed by atoms with van der Waals surface area (Å²) in [5.74, 6) is 0.914. The van der Waals surface area contributed by atoms with Gasteiger partial charge in [0, 0.05) is 18.9 Å². The van der Waals surface area contributed by atoms with E-state index >= 15 is 0 Å². The Labute approximate surface area is 110 Å². The molecule has 1 aromatic carbocycles. The predicted molar refractivity (Wildman–Crippen MR) is 74.2 cm³/mol. The van der Waals surface area contributed by atoms with E-state index in [1.54, 1.807) is 14.0 Å². The van der Waals surface area contributed by atoms with Crippen molar-refractivity contribution in [1.82, 2.24) is 5.32 Å². The summed E-state index contributed by atoms with van der Waals surface area (Å²) in [6.07, 6.45) is 0. The fourth-order valence-electron chi connectivity index (χ4n) is 2.18. The summed E-state index contributed by atoms with van der Waals surface area (Å²) in [6, 6.07) is 4.20. The van der Waals surface area contributed by atoms with E-state index in [0.29, 0.717) is 6.54 Å². The van der Waals surface area contributed by atoms with E-state index in [2.05, 4.69) is 38.2 Å². The number of amides is 1. The van der Waals surface area contributed by atoms with Crippen molar-refractivity contribution in [2.75, 3.05) is 13.7 Å². The molecule has 0 saturated carbocycles. The third-order valence-corrected chi connectivity index (χ3v) is 3.25. The van der Waals surface area contributed by atoms with E-state index in [0.717, 1.165) is 11.3 Å². The van der Waals surface area contributed by atoms with Crippen LogP contribution >= 0.6 is 0 Å². The van der Waals surface area contributed by atoms with Crippen LogP contribution in [0.25, 0.3) is 0 Å². The number of carbonyl (C=O) groups is 1. The Kier molecular flexibility index (Phi) is 4.38. The monoisotopic (exact) mass is 249 g/mol. The van der Waals surface area contributed by atoms with Crippen LogP contribution in [0.3, 0.4) is 0 Å². The topological polar surface area (TPSA) is 38.3 Å². The largest absolute Gasteiger partial charge is 0.496 e. The maximum atomic E-state index is 11.0. The van der Waals surface area contributed by atoms with Crippen LogP contribution in [0.4, 0.5) is 0 Å². The van der Waals surface area contributed by atoms with Gasteiger partial charge < -0.3 is 10.1 Å². The third kappa shape index (κ3) is 3.25. The molecule has 0 bridgehead atoms. The number of hydrogen-bond acceptors (Lipinski definition) is 2. The number of benzene rings is 1. The van der Waals surface area contributed by atoms with Crippen LogP contribution in [0.15, 0.2) is 12.1 Å². The molecule has 0 radical (unpaired) electrons. The average Bonchev–Trinajstić information content (AvgIpc) is 2.29. The zero-order valence-corrected chi connectivity index (χ0v) is 12.2. The molecular weight excluding hydrogens is 226 g/mol. The molecule has 0 fully saturated rings. The van der Waals surface area contributed by atoms with Gasteiger partial charge in [-0.2, -0.15) is 0 Å². The van der Waals surface area contributed by atoms with Crippen LogP contribution < -0.4 is 10.1 Å². The van der Waals surface area contributed by atoms with Crippen molar-refractivity contribution in [3.05, 3.63) is 28.8 Å². The fourth-order valence-corrected chi connectivity index (χ4v) is 2.18. The molecule has 0 aliphatic rings. The Morgan fingerprint density at radius 3 is 2.39 bits per heavy atom. The van der Waals surface area contributed by atoms with Gasteiger partial charge in [-0.3, -0.25) is 4.79 Å². The highest BCUT2D eigenvalue weighted by Gasteiger charge is 2.23. The van der Waals surface area contributed by atoms with Gasteiger partial charge >= 0.3 is 0 Å². The second-order valence-electron chi connectivity index (χ2n) is 5.43. The molecule has 0 atom stereocenters. The standard InChI is InChI=1S/C15H23NO2/c1-10-8-14(18-6)11(2)7-13(10)15(4,5)9-16-12(3)17/h7-8H,9H2,1-6H3,(H,16,17). The van der Waals surface area contributed by atoms with Crippen molar-refractivity contribution in [2.45, 2.75) is 40.0 Å². The first-order valence-corrected chi connectivity index (χ1v) is 6.18. The minimum absolute atomic E-state index is 0.00552. The van der Waals surface area contributed by atoms with Crippen LogP contribution in [0.5, 0.6) is 5.75 Å². The van der Waals surface area contributed by atoms with E-state index in [1.165, 1.54) is 11.1 Å². The van der Waals surface area contributed by atoms with Gasteiger partial charge in [0.05, 0.1) is 7.11 Å². The molecule has 0 aromatic heterocycles. The number of hydrogen-bond donors (Lipinski definition) is 1. The minimum atomic E-state index is -0.0905. The lowest BCUT2D eigenvalue weighted by Gasteiger charge is -2.28. The van der Waals surface area contributed by atoms with Crippen LogP contribution in [-0.4, -0.2) is 19.6 Å². The summed E-state index contributed by atoms with van der Waals surface area (Å²) in [5.41, 5.74) is 3.46. The molecule has 0 unspecified atom stereocenters. The first-order valence-electron chi connectivity index (χ1n) is 6.18. The lowest BCUT2D eigenvalue weighted by Crippen LogP contribution is -2.36. The molecule has 1 amide bonds. The third-order valence-electron chi connectivity index (χ3n) is 3.25. The quantitative estimate of drug-likeness (QED) is 0.891. The SMILES string of the molecule is COc1cc(C)c(C(C)(C)CNC(C)=O)cc1C. The van der Waals surface area contributed by atoms with Crippen molar-refractivity contribution in [1.29, 1.82) is 0 Å². The van der Waals surface area contributed by atoms with Crippen LogP contribution in [0.1, 0.15) is 37.5 Å². The summed E-state index contributed by atoms with van der Waals surface area (Å²) in [4.78, 5) is 11.0. The van der Waals surface area contributed by atoms with Crippen molar-refractivity contribution >= 4 is 5.91 Å². The molecule has 18 heavy (non-hydrogen) atoms. The summed E-state index contributed by atoms with van der Waals surface area (Å²) in [6.45, 7) is 10.6. The van der Waals surface area contributed by atoms with E-state index in [-0.39, 0.29) is 11.3 Å². The van der Waals surface area contributed by atoms with Crippen molar-refractivity contribution in [2.24, 2.45) is 0 Å². The summed E-state index contributed by atoms with van der Waals surface area (Å²) in [5, 5.41) is 2.89. The predicted octanol–water partition coefficient (Wildman–Crippen LogP) is 2.73. The molecule has 100 valence electrons. The Hall–Kier alpha value is -1.51. The molecule has 0 saturated heterocycles. The molecule has 0 spiro atoms. The van der Waals surface area contributed by atoms with E-state index in [9.17, 15) is 4.79 Å². The highest BCUT2D eigenvalue weighted by Crippen LogP contribution is 2.31. The van der Waals surface area contributed by atoms with E-state index in [4.69, 9.17) is 4.74 Å². The number of rotatable bonds is 4. The molecule has 0 heterocycles. The number of nitrogens with one attached hydrogen (secondary N) is 1. The zero-order valence-electron chi connectivity index (χ0n) is 12.2. The number of aryl methyl sites for hydroxylation is 2. The van der Waals surface area contributed by atoms with Gasteiger partial charge in [0.15, 0.2) is 0 Å². The average molecular weight is 249 g/mol. The Bertz CT molecular complexity index is 450. The van der Waals surface area contributed by atoms with Gasteiger partial charge in [0.2, 0.25) is 5.91 Å². The Morgan fingerprint density at radius 1 is 1.28 bits per heavy atom. The van der Waals surface area contributed by atoms with Crippen LogP contribution in [0.2, 0.25) is 0 Å². The Balaban J connectivity index is 3.08. The molecule has 0 aliphatic heterocycles. The van der Waals surface area contributed by atoms with Crippen molar-refractivity contribution < 1.29 is 9.53 Å².